The van der Waals surface area contributed by atoms with Gasteiger partial charge in [0.25, 0.3) is 5.91 Å². The first-order valence-corrected chi connectivity index (χ1v) is 8.08. The molecule has 1 N–H and O–H groups in total. The van der Waals surface area contributed by atoms with Crippen LogP contribution in [0, 0.1) is 13.8 Å². The lowest BCUT2D eigenvalue weighted by molar-refractivity contribution is 0.0953. The molecule has 1 aromatic carbocycles. The smallest absolute Gasteiger partial charge is 0.274 e. The summed E-state index contributed by atoms with van der Waals surface area (Å²) in [4.78, 5) is 12.0. The number of nitrogens with one attached hydrogen (secondary N) is 1. The van der Waals surface area contributed by atoms with Crippen molar-refractivity contribution in [2.24, 2.45) is 5.10 Å². The molecule has 128 valence electrons. The highest BCUT2D eigenvalue weighted by atomic mass is 35.5. The lowest BCUT2D eigenvalue weighted by Crippen LogP contribution is -2.17. The maximum atomic E-state index is 12.0. The van der Waals surface area contributed by atoms with Crippen molar-refractivity contribution in [2.45, 2.75) is 20.4 Å². The van der Waals surface area contributed by atoms with E-state index < -0.39 is 0 Å². The van der Waals surface area contributed by atoms with Gasteiger partial charge >= 0.3 is 0 Å². The van der Waals surface area contributed by atoms with E-state index in [1.165, 1.54) is 12.5 Å². The number of furan rings is 1. The van der Waals surface area contributed by atoms with Crippen LogP contribution in [0.1, 0.15) is 32.9 Å². The number of carbonyl (C=O) groups excluding carboxylic acids is 1. The van der Waals surface area contributed by atoms with Gasteiger partial charge in [0.15, 0.2) is 0 Å². The van der Waals surface area contributed by atoms with Crippen LogP contribution in [0.5, 0.6) is 0 Å². The summed E-state index contributed by atoms with van der Waals surface area (Å²) in [6, 6.07) is 11.5. The zero-order valence-corrected chi connectivity index (χ0v) is 14.6. The minimum Gasteiger partial charge on any atom is -0.469 e. The van der Waals surface area contributed by atoms with Crippen LogP contribution in [0.3, 0.4) is 0 Å². The number of aryl methyl sites for hydroxylation is 2. The molecule has 0 aliphatic heterocycles. The van der Waals surface area contributed by atoms with Gasteiger partial charge in [-0.2, -0.15) is 10.2 Å². The van der Waals surface area contributed by atoms with E-state index in [2.05, 4.69) is 15.6 Å². The van der Waals surface area contributed by atoms with Gasteiger partial charge in [0.05, 0.1) is 35.8 Å². The van der Waals surface area contributed by atoms with E-state index in [0.717, 1.165) is 11.3 Å². The van der Waals surface area contributed by atoms with Crippen molar-refractivity contribution < 1.29 is 9.21 Å². The maximum Gasteiger partial charge on any atom is 0.274 e. The summed E-state index contributed by atoms with van der Waals surface area (Å²) >= 11 is 6.40. The van der Waals surface area contributed by atoms with E-state index in [4.69, 9.17) is 16.0 Å². The van der Waals surface area contributed by atoms with Gasteiger partial charge in [0.2, 0.25) is 0 Å². The highest BCUT2D eigenvalue weighted by molar-refractivity contribution is 6.32. The fourth-order valence-corrected chi connectivity index (χ4v) is 2.69. The molecule has 2 aromatic heterocycles. The molecule has 2 heterocycles. The third-order valence-electron chi connectivity index (χ3n) is 3.75. The van der Waals surface area contributed by atoms with Gasteiger partial charge in [-0.15, -0.1) is 0 Å². The molecular weight excluding hydrogens is 340 g/mol. The van der Waals surface area contributed by atoms with Crippen LogP contribution in [0.2, 0.25) is 5.15 Å². The number of hydrogen-bond donors (Lipinski definition) is 1. The largest absolute Gasteiger partial charge is 0.469 e. The average molecular weight is 357 g/mol. The normalized spacial score (nSPS) is 11.2. The molecule has 25 heavy (non-hydrogen) atoms. The van der Waals surface area contributed by atoms with Gasteiger partial charge in [0, 0.05) is 0 Å². The van der Waals surface area contributed by atoms with Crippen molar-refractivity contribution in [3.05, 3.63) is 76.0 Å². The van der Waals surface area contributed by atoms with E-state index in [0.29, 0.717) is 28.6 Å². The molecule has 0 bridgehead atoms. The van der Waals surface area contributed by atoms with Crippen LogP contribution in [0.15, 0.2) is 52.2 Å². The second-order valence-electron chi connectivity index (χ2n) is 5.52. The van der Waals surface area contributed by atoms with Crippen LogP contribution in [0.25, 0.3) is 0 Å². The first-order valence-electron chi connectivity index (χ1n) is 7.70. The number of carbonyl (C=O) groups is 1. The molecule has 0 fully saturated rings. The second kappa shape index (κ2) is 7.36. The number of benzene rings is 1. The summed E-state index contributed by atoms with van der Waals surface area (Å²) < 4.78 is 6.81. The Balaban J connectivity index is 1.72. The summed E-state index contributed by atoms with van der Waals surface area (Å²) in [7, 11) is 0. The van der Waals surface area contributed by atoms with Gasteiger partial charge in [0.1, 0.15) is 10.9 Å². The minimum absolute atomic E-state index is 0.340. The number of amides is 1. The number of halogens is 1. The predicted molar refractivity (Wildman–Crippen MR) is 96.0 cm³/mol. The first kappa shape index (κ1) is 17.0. The molecule has 0 atom stereocenters. The standard InChI is InChI=1S/C18H17ClN4O2/c1-12-16(10-20-21-18(24)15-8-9-25-13(15)2)17(19)23(22-12)11-14-6-4-3-5-7-14/h3-10H,11H2,1-2H3,(H,21,24)/b20-10+. The van der Waals surface area contributed by atoms with E-state index in [1.54, 1.807) is 17.7 Å². The Hall–Kier alpha value is -2.86. The number of hydrogen-bond acceptors (Lipinski definition) is 4. The molecule has 0 saturated heterocycles. The molecule has 3 rings (SSSR count). The summed E-state index contributed by atoms with van der Waals surface area (Å²) in [6.45, 7) is 4.12. The molecule has 3 aromatic rings. The Kier molecular flexibility index (Phi) is 5.00. The van der Waals surface area contributed by atoms with E-state index in [-0.39, 0.29) is 5.91 Å². The summed E-state index contributed by atoms with van der Waals surface area (Å²) in [5.41, 5.74) is 5.41. The SMILES string of the molecule is Cc1nn(Cc2ccccc2)c(Cl)c1/C=N/NC(=O)c1ccoc1C. The Morgan fingerprint density at radius 3 is 2.76 bits per heavy atom. The van der Waals surface area contributed by atoms with Crippen molar-refractivity contribution in [3.8, 4) is 0 Å². The van der Waals surface area contributed by atoms with Crippen molar-refractivity contribution in [2.75, 3.05) is 0 Å². The van der Waals surface area contributed by atoms with Crippen LogP contribution in [-0.2, 0) is 6.54 Å². The Bertz CT molecular complexity index is 913. The van der Waals surface area contributed by atoms with E-state index in [9.17, 15) is 4.79 Å². The molecule has 1 amide bonds. The second-order valence-corrected chi connectivity index (χ2v) is 5.88. The van der Waals surface area contributed by atoms with Crippen LogP contribution in [0.4, 0.5) is 0 Å². The third-order valence-corrected chi connectivity index (χ3v) is 4.15. The van der Waals surface area contributed by atoms with Crippen molar-refractivity contribution in [3.63, 3.8) is 0 Å². The molecule has 0 saturated carbocycles. The number of nitrogens with zero attached hydrogens (tertiary/aromatic N) is 3. The maximum absolute atomic E-state index is 12.0. The molecule has 0 aliphatic rings. The van der Waals surface area contributed by atoms with Crippen LogP contribution < -0.4 is 5.43 Å². The average Bonchev–Trinajstić information content (AvgIpc) is 3.14. The van der Waals surface area contributed by atoms with Gasteiger partial charge < -0.3 is 4.42 Å². The highest BCUT2D eigenvalue weighted by Gasteiger charge is 2.13. The fraction of sp³-hybridized carbons (Fsp3) is 0.167. The predicted octanol–water partition coefficient (Wildman–Crippen LogP) is 3.56. The lowest BCUT2D eigenvalue weighted by Gasteiger charge is -2.03. The number of rotatable bonds is 5. The van der Waals surface area contributed by atoms with Gasteiger partial charge in [-0.1, -0.05) is 41.9 Å². The first-order chi connectivity index (χ1) is 12.1. The van der Waals surface area contributed by atoms with Crippen molar-refractivity contribution in [1.82, 2.24) is 15.2 Å². The molecule has 0 unspecified atom stereocenters. The topological polar surface area (TPSA) is 72.4 Å². The monoisotopic (exact) mass is 356 g/mol. The number of aromatic nitrogens is 2. The van der Waals surface area contributed by atoms with E-state index in [1.807, 2.05) is 37.3 Å². The fourth-order valence-electron chi connectivity index (χ4n) is 2.41. The van der Waals surface area contributed by atoms with Crippen LogP contribution >= 0.6 is 11.6 Å². The van der Waals surface area contributed by atoms with Crippen molar-refractivity contribution >= 4 is 23.7 Å². The quantitative estimate of drug-likeness (QED) is 0.561. The zero-order chi connectivity index (χ0) is 17.8. The third kappa shape index (κ3) is 3.80. The summed E-state index contributed by atoms with van der Waals surface area (Å²) in [5.74, 6) is 0.200. The molecule has 0 aliphatic carbocycles. The molecular formula is C18H17ClN4O2. The Labute approximate surface area is 150 Å². The summed E-state index contributed by atoms with van der Waals surface area (Å²) in [6.07, 6.45) is 2.96. The zero-order valence-electron chi connectivity index (χ0n) is 13.9. The van der Waals surface area contributed by atoms with E-state index >= 15 is 0 Å². The Morgan fingerprint density at radius 2 is 2.08 bits per heavy atom. The van der Waals surface area contributed by atoms with Crippen molar-refractivity contribution in [1.29, 1.82) is 0 Å². The lowest BCUT2D eigenvalue weighted by atomic mass is 10.2. The van der Waals surface area contributed by atoms with Gasteiger partial charge in [-0.3, -0.25) is 4.79 Å². The molecule has 7 heteroatoms. The number of hydrazone groups is 1. The summed E-state index contributed by atoms with van der Waals surface area (Å²) in [5, 5.41) is 8.88. The minimum atomic E-state index is -0.340. The Morgan fingerprint density at radius 1 is 1.32 bits per heavy atom. The van der Waals surface area contributed by atoms with Crippen LogP contribution in [-0.4, -0.2) is 21.9 Å². The van der Waals surface area contributed by atoms with Gasteiger partial charge in [-0.25, -0.2) is 10.1 Å². The van der Waals surface area contributed by atoms with Gasteiger partial charge in [-0.05, 0) is 25.5 Å². The molecule has 0 radical (unpaired) electrons. The molecule has 0 spiro atoms. The highest BCUT2D eigenvalue weighted by Crippen LogP contribution is 2.19. The molecule has 6 nitrogen and oxygen atoms in total.